The van der Waals surface area contributed by atoms with Gasteiger partial charge in [-0.3, -0.25) is 9.48 Å². The van der Waals surface area contributed by atoms with Crippen LogP contribution in [-0.4, -0.2) is 37.3 Å². The molecule has 1 aliphatic heterocycles. The quantitative estimate of drug-likeness (QED) is 0.921. The average Bonchev–Trinajstić information content (AvgIpc) is 3.07. The Morgan fingerprint density at radius 1 is 1.36 bits per heavy atom. The van der Waals surface area contributed by atoms with Gasteiger partial charge in [0.25, 0.3) is 0 Å². The van der Waals surface area contributed by atoms with Crippen LogP contribution in [0.25, 0.3) is 0 Å². The van der Waals surface area contributed by atoms with Crippen LogP contribution in [0.5, 0.6) is 0 Å². The summed E-state index contributed by atoms with van der Waals surface area (Å²) in [4.78, 5) is 14.5. The first-order valence-electron chi connectivity index (χ1n) is 7.44. The first-order chi connectivity index (χ1) is 10.5. The van der Waals surface area contributed by atoms with Crippen LogP contribution in [-0.2, 0) is 11.3 Å². The molecule has 2 N–H and O–H groups in total. The SMILES string of the molecule is Cc1cc(C)n(CC(=O)N2CCCC2c2ccc(N)nn2)n1. The summed E-state index contributed by atoms with van der Waals surface area (Å²) in [6.45, 7) is 4.89. The van der Waals surface area contributed by atoms with Crippen LogP contribution in [0.1, 0.15) is 36.0 Å². The Morgan fingerprint density at radius 2 is 2.18 bits per heavy atom. The van der Waals surface area contributed by atoms with E-state index in [2.05, 4.69) is 15.3 Å². The number of rotatable bonds is 3. The van der Waals surface area contributed by atoms with Gasteiger partial charge >= 0.3 is 0 Å². The maximum atomic E-state index is 12.6. The Labute approximate surface area is 129 Å². The minimum atomic E-state index is -0.0161. The van der Waals surface area contributed by atoms with E-state index in [0.29, 0.717) is 5.82 Å². The average molecular weight is 300 g/mol. The van der Waals surface area contributed by atoms with Crippen LogP contribution in [0.15, 0.2) is 18.2 Å². The van der Waals surface area contributed by atoms with Gasteiger partial charge in [0.05, 0.1) is 17.4 Å². The number of hydrogen-bond donors (Lipinski definition) is 1. The summed E-state index contributed by atoms with van der Waals surface area (Å²) < 4.78 is 1.75. The van der Waals surface area contributed by atoms with Crippen molar-refractivity contribution in [3.05, 3.63) is 35.3 Å². The fourth-order valence-electron chi connectivity index (χ4n) is 2.96. The molecule has 3 heterocycles. The van der Waals surface area contributed by atoms with Crippen molar-refractivity contribution in [2.45, 2.75) is 39.3 Å². The second kappa shape index (κ2) is 5.75. The zero-order valence-electron chi connectivity index (χ0n) is 12.9. The maximum Gasteiger partial charge on any atom is 0.244 e. The van der Waals surface area contributed by atoms with Gasteiger partial charge in [0, 0.05) is 12.2 Å². The van der Waals surface area contributed by atoms with Gasteiger partial charge in [-0.1, -0.05) is 0 Å². The summed E-state index contributed by atoms with van der Waals surface area (Å²) in [5.74, 6) is 0.453. The van der Waals surface area contributed by atoms with Crippen molar-refractivity contribution < 1.29 is 4.79 Å². The minimum absolute atomic E-state index is 0.0161. The largest absolute Gasteiger partial charge is 0.382 e. The number of amides is 1. The number of nitrogens with zero attached hydrogens (tertiary/aromatic N) is 5. The third-order valence-electron chi connectivity index (χ3n) is 4.01. The molecule has 1 atom stereocenters. The van der Waals surface area contributed by atoms with Crippen LogP contribution in [0.3, 0.4) is 0 Å². The molecule has 3 rings (SSSR count). The van der Waals surface area contributed by atoms with E-state index in [0.717, 1.165) is 36.5 Å². The van der Waals surface area contributed by atoms with Crippen LogP contribution >= 0.6 is 0 Å². The van der Waals surface area contributed by atoms with Crippen LogP contribution in [0.2, 0.25) is 0 Å². The highest BCUT2D eigenvalue weighted by Crippen LogP contribution is 2.30. The predicted molar refractivity (Wildman–Crippen MR) is 81.8 cm³/mol. The molecule has 0 radical (unpaired) electrons. The molecule has 0 aliphatic carbocycles. The lowest BCUT2D eigenvalue weighted by molar-refractivity contribution is -0.133. The monoisotopic (exact) mass is 300 g/mol. The molecule has 0 saturated carbocycles. The standard InChI is InChI=1S/C15H20N6O/c1-10-8-11(2)21(19-10)9-15(22)20-7-3-4-13(20)12-5-6-14(16)18-17-12/h5-6,8,13H,3-4,7,9H2,1-2H3,(H2,16,18). The number of likely N-dealkylation sites (tertiary alicyclic amines) is 1. The fourth-order valence-corrected chi connectivity index (χ4v) is 2.96. The van der Waals surface area contributed by atoms with Gasteiger partial charge in [0.15, 0.2) is 0 Å². The molecule has 2 aromatic heterocycles. The fraction of sp³-hybridized carbons (Fsp3) is 0.467. The molecule has 116 valence electrons. The van der Waals surface area contributed by atoms with Gasteiger partial charge in [-0.15, -0.1) is 5.10 Å². The maximum absolute atomic E-state index is 12.6. The van der Waals surface area contributed by atoms with Gasteiger partial charge < -0.3 is 10.6 Å². The molecule has 7 heteroatoms. The third-order valence-corrected chi connectivity index (χ3v) is 4.01. The molecule has 1 amide bonds. The molecule has 0 spiro atoms. The van der Waals surface area contributed by atoms with E-state index in [4.69, 9.17) is 5.73 Å². The predicted octanol–water partition coefficient (Wildman–Crippen LogP) is 1.24. The van der Waals surface area contributed by atoms with Gasteiger partial charge in [-0.05, 0) is 44.9 Å². The highest BCUT2D eigenvalue weighted by molar-refractivity contribution is 5.76. The van der Waals surface area contributed by atoms with E-state index >= 15 is 0 Å². The second-order valence-corrected chi connectivity index (χ2v) is 5.71. The topological polar surface area (TPSA) is 89.9 Å². The Hall–Kier alpha value is -2.44. The number of aryl methyl sites for hydroxylation is 2. The molecule has 1 fully saturated rings. The number of carbonyl (C=O) groups excluding carboxylic acids is 1. The summed E-state index contributed by atoms with van der Waals surface area (Å²) in [7, 11) is 0. The van der Waals surface area contributed by atoms with Gasteiger partial charge in [-0.2, -0.15) is 10.2 Å². The molecule has 7 nitrogen and oxygen atoms in total. The normalized spacial score (nSPS) is 17.9. The first kappa shape index (κ1) is 14.5. The highest BCUT2D eigenvalue weighted by atomic mass is 16.2. The number of carbonyl (C=O) groups is 1. The first-order valence-corrected chi connectivity index (χ1v) is 7.44. The van der Waals surface area contributed by atoms with Gasteiger partial charge in [0.2, 0.25) is 5.91 Å². The van der Waals surface area contributed by atoms with E-state index in [1.54, 1.807) is 10.7 Å². The Morgan fingerprint density at radius 3 is 2.82 bits per heavy atom. The van der Waals surface area contributed by atoms with Gasteiger partial charge in [0.1, 0.15) is 12.4 Å². The summed E-state index contributed by atoms with van der Waals surface area (Å²) in [6.07, 6.45) is 1.88. The molecule has 22 heavy (non-hydrogen) atoms. The van der Waals surface area contributed by atoms with Crippen molar-refractivity contribution in [3.8, 4) is 0 Å². The zero-order chi connectivity index (χ0) is 15.7. The number of nitrogens with two attached hydrogens (primary N) is 1. The second-order valence-electron chi connectivity index (χ2n) is 5.71. The van der Waals surface area contributed by atoms with E-state index < -0.39 is 0 Å². The number of anilines is 1. The molecular weight excluding hydrogens is 280 g/mol. The Bertz CT molecular complexity index is 678. The van der Waals surface area contributed by atoms with Crippen molar-refractivity contribution in [1.82, 2.24) is 24.9 Å². The number of hydrogen-bond acceptors (Lipinski definition) is 5. The van der Waals surface area contributed by atoms with Crippen molar-refractivity contribution in [3.63, 3.8) is 0 Å². The molecule has 1 aliphatic rings. The van der Waals surface area contributed by atoms with Crippen LogP contribution in [0.4, 0.5) is 5.82 Å². The minimum Gasteiger partial charge on any atom is -0.382 e. The molecule has 2 aromatic rings. The zero-order valence-corrected chi connectivity index (χ0v) is 12.9. The summed E-state index contributed by atoms with van der Waals surface area (Å²) in [5.41, 5.74) is 8.29. The molecule has 0 bridgehead atoms. The molecule has 1 unspecified atom stereocenters. The highest BCUT2D eigenvalue weighted by Gasteiger charge is 2.31. The van der Waals surface area contributed by atoms with E-state index in [-0.39, 0.29) is 18.5 Å². The number of aromatic nitrogens is 4. The van der Waals surface area contributed by atoms with Crippen molar-refractivity contribution in [1.29, 1.82) is 0 Å². The Kier molecular flexibility index (Phi) is 3.79. The molecule has 0 aromatic carbocycles. The van der Waals surface area contributed by atoms with Gasteiger partial charge in [-0.25, -0.2) is 0 Å². The lowest BCUT2D eigenvalue weighted by Gasteiger charge is -2.24. The summed E-state index contributed by atoms with van der Waals surface area (Å²) in [6, 6.07) is 5.53. The summed E-state index contributed by atoms with van der Waals surface area (Å²) in [5, 5.41) is 12.4. The number of nitrogen functional groups attached to an aromatic ring is 1. The van der Waals surface area contributed by atoms with E-state index in [1.807, 2.05) is 30.9 Å². The van der Waals surface area contributed by atoms with E-state index in [1.165, 1.54) is 0 Å². The smallest absolute Gasteiger partial charge is 0.244 e. The lowest BCUT2D eigenvalue weighted by Crippen LogP contribution is -2.34. The summed E-state index contributed by atoms with van der Waals surface area (Å²) >= 11 is 0. The lowest BCUT2D eigenvalue weighted by atomic mass is 10.1. The molecule has 1 saturated heterocycles. The van der Waals surface area contributed by atoms with Crippen molar-refractivity contribution >= 4 is 11.7 Å². The Balaban J connectivity index is 1.76. The third kappa shape index (κ3) is 2.79. The van der Waals surface area contributed by atoms with Crippen LogP contribution in [0, 0.1) is 13.8 Å². The van der Waals surface area contributed by atoms with Crippen molar-refractivity contribution in [2.24, 2.45) is 0 Å². The van der Waals surface area contributed by atoms with E-state index in [9.17, 15) is 4.79 Å². The van der Waals surface area contributed by atoms with Crippen LogP contribution < -0.4 is 5.73 Å². The van der Waals surface area contributed by atoms with Crippen molar-refractivity contribution in [2.75, 3.05) is 12.3 Å². The molecular formula is C15H20N6O.